The lowest BCUT2D eigenvalue weighted by atomic mass is 10.2. The fourth-order valence-corrected chi connectivity index (χ4v) is 1.37. The average Bonchev–Trinajstić information content (AvgIpc) is 2.59. The van der Waals surface area contributed by atoms with Gasteiger partial charge in [0.15, 0.2) is 5.58 Å². The highest BCUT2D eigenvalue weighted by Gasteiger charge is 2.06. The molecule has 0 amide bonds. The highest BCUT2D eigenvalue weighted by molar-refractivity contribution is 5.74. The molecule has 0 saturated carbocycles. The first kappa shape index (κ1) is 9.60. The van der Waals surface area contributed by atoms with Crippen molar-refractivity contribution in [2.24, 2.45) is 0 Å². The molecule has 3 heteroatoms. The zero-order valence-electron chi connectivity index (χ0n) is 8.53. The predicted octanol–water partition coefficient (Wildman–Crippen LogP) is 2.65. The minimum absolute atomic E-state index is 0.170. The summed E-state index contributed by atoms with van der Waals surface area (Å²) in [6.45, 7) is 1.99. The monoisotopic (exact) mass is 200 g/mol. The van der Waals surface area contributed by atoms with Crippen molar-refractivity contribution in [1.29, 1.82) is 0 Å². The van der Waals surface area contributed by atoms with Crippen LogP contribution in [0.3, 0.4) is 0 Å². The van der Waals surface area contributed by atoms with Gasteiger partial charge in [-0.15, -0.1) is 12.3 Å². The molecule has 0 aliphatic carbocycles. The average molecular weight is 200 g/mol. The summed E-state index contributed by atoms with van der Waals surface area (Å²) in [7, 11) is 0. The van der Waals surface area contributed by atoms with Gasteiger partial charge in [-0.25, -0.2) is 0 Å². The minimum Gasteiger partial charge on any atom is -0.424 e. The van der Waals surface area contributed by atoms with Crippen LogP contribution in [0, 0.1) is 12.3 Å². The van der Waals surface area contributed by atoms with Crippen LogP contribution in [0.4, 0.5) is 6.01 Å². The Morgan fingerprint density at radius 1 is 1.53 bits per heavy atom. The molecule has 2 rings (SSSR count). The summed E-state index contributed by atoms with van der Waals surface area (Å²) in [6.07, 6.45) is 5.87. The zero-order chi connectivity index (χ0) is 10.7. The molecule has 0 radical (unpaired) electrons. The minimum atomic E-state index is 0.170. The lowest BCUT2D eigenvalue weighted by molar-refractivity contribution is 0.601. The summed E-state index contributed by atoms with van der Waals surface area (Å²) < 4.78 is 5.49. The summed E-state index contributed by atoms with van der Waals surface area (Å²) in [5.74, 6) is 2.59. The normalized spacial score (nSPS) is 12.3. The molecule has 15 heavy (non-hydrogen) atoms. The van der Waals surface area contributed by atoms with Crippen LogP contribution in [-0.2, 0) is 0 Å². The van der Waals surface area contributed by atoms with Crippen LogP contribution >= 0.6 is 0 Å². The highest BCUT2D eigenvalue weighted by atomic mass is 16.4. The first-order valence-electron chi connectivity index (χ1n) is 4.85. The molecule has 1 atom stereocenters. The van der Waals surface area contributed by atoms with E-state index in [1.807, 2.05) is 31.2 Å². The fourth-order valence-electron chi connectivity index (χ4n) is 1.37. The molecule has 0 spiro atoms. The maximum Gasteiger partial charge on any atom is 0.295 e. The summed E-state index contributed by atoms with van der Waals surface area (Å²) >= 11 is 0. The summed E-state index contributed by atoms with van der Waals surface area (Å²) in [4.78, 5) is 4.29. The molecule has 1 unspecified atom stereocenters. The molecule has 0 bridgehead atoms. The molecule has 0 fully saturated rings. The Bertz CT molecular complexity index is 463. The third-order valence-corrected chi connectivity index (χ3v) is 2.09. The van der Waals surface area contributed by atoms with Gasteiger partial charge in [-0.2, -0.15) is 4.98 Å². The third-order valence-electron chi connectivity index (χ3n) is 2.09. The third kappa shape index (κ3) is 2.10. The van der Waals surface area contributed by atoms with Crippen LogP contribution < -0.4 is 5.32 Å². The lowest BCUT2D eigenvalue weighted by Gasteiger charge is -2.06. The molecule has 3 nitrogen and oxygen atoms in total. The first-order valence-corrected chi connectivity index (χ1v) is 4.85. The number of nitrogens with zero attached hydrogens (tertiary/aromatic N) is 1. The molecule has 1 aromatic carbocycles. The summed E-state index contributed by atoms with van der Waals surface area (Å²) in [6, 6.07) is 8.35. The van der Waals surface area contributed by atoms with Crippen LogP contribution in [0.2, 0.25) is 0 Å². The van der Waals surface area contributed by atoms with E-state index in [0.717, 1.165) is 11.1 Å². The van der Waals surface area contributed by atoms with Crippen LogP contribution in [0.1, 0.15) is 13.3 Å². The number of terminal acetylenes is 1. The highest BCUT2D eigenvalue weighted by Crippen LogP contribution is 2.18. The summed E-state index contributed by atoms with van der Waals surface area (Å²) in [5, 5.41) is 3.11. The molecule has 0 aliphatic heterocycles. The van der Waals surface area contributed by atoms with Crippen LogP contribution in [-0.4, -0.2) is 11.0 Å². The number of rotatable bonds is 3. The van der Waals surface area contributed by atoms with E-state index in [1.165, 1.54) is 0 Å². The number of fused-ring (bicyclic) bond motifs is 1. The molecule has 2 aromatic rings. The molecular weight excluding hydrogens is 188 g/mol. The molecule has 1 N–H and O–H groups in total. The van der Waals surface area contributed by atoms with Gasteiger partial charge in [0.05, 0.1) is 0 Å². The zero-order valence-corrected chi connectivity index (χ0v) is 8.53. The maximum absolute atomic E-state index is 5.49. The fraction of sp³-hybridized carbons (Fsp3) is 0.250. The molecule has 1 heterocycles. The largest absolute Gasteiger partial charge is 0.424 e. The Balaban J connectivity index is 2.19. The van der Waals surface area contributed by atoms with Crippen molar-refractivity contribution in [3.8, 4) is 12.3 Å². The number of oxazole rings is 1. The topological polar surface area (TPSA) is 38.1 Å². The number of hydrogen-bond acceptors (Lipinski definition) is 3. The van der Waals surface area contributed by atoms with E-state index in [2.05, 4.69) is 16.2 Å². The van der Waals surface area contributed by atoms with Crippen LogP contribution in [0.25, 0.3) is 11.1 Å². The van der Waals surface area contributed by atoms with Gasteiger partial charge in [-0.05, 0) is 19.1 Å². The molecular formula is C12H12N2O. The van der Waals surface area contributed by atoms with Crippen molar-refractivity contribution >= 4 is 17.1 Å². The van der Waals surface area contributed by atoms with Crippen molar-refractivity contribution in [2.45, 2.75) is 19.4 Å². The van der Waals surface area contributed by atoms with E-state index < -0.39 is 0 Å². The Kier molecular flexibility index (Phi) is 2.59. The second-order valence-corrected chi connectivity index (χ2v) is 3.44. The second kappa shape index (κ2) is 4.05. The van der Waals surface area contributed by atoms with Crippen molar-refractivity contribution in [2.75, 3.05) is 5.32 Å². The van der Waals surface area contributed by atoms with Gasteiger partial charge in [0.25, 0.3) is 6.01 Å². The van der Waals surface area contributed by atoms with Crippen LogP contribution in [0.15, 0.2) is 28.7 Å². The van der Waals surface area contributed by atoms with Gasteiger partial charge in [0, 0.05) is 12.5 Å². The molecule has 0 aliphatic rings. The first-order chi connectivity index (χ1) is 7.29. The van der Waals surface area contributed by atoms with Gasteiger partial charge in [0.1, 0.15) is 5.52 Å². The van der Waals surface area contributed by atoms with Crippen LogP contribution in [0.5, 0.6) is 0 Å². The van der Waals surface area contributed by atoms with E-state index in [-0.39, 0.29) is 6.04 Å². The van der Waals surface area contributed by atoms with E-state index in [9.17, 15) is 0 Å². The Hall–Kier alpha value is -1.95. The summed E-state index contributed by atoms with van der Waals surface area (Å²) in [5.41, 5.74) is 1.64. The predicted molar refractivity (Wildman–Crippen MR) is 60.5 cm³/mol. The molecule has 1 aromatic heterocycles. The van der Waals surface area contributed by atoms with Crippen molar-refractivity contribution < 1.29 is 4.42 Å². The van der Waals surface area contributed by atoms with E-state index >= 15 is 0 Å². The second-order valence-electron chi connectivity index (χ2n) is 3.44. The quantitative estimate of drug-likeness (QED) is 0.774. The number of aromatic nitrogens is 1. The number of hydrogen-bond donors (Lipinski definition) is 1. The smallest absolute Gasteiger partial charge is 0.295 e. The van der Waals surface area contributed by atoms with Gasteiger partial charge >= 0.3 is 0 Å². The number of benzene rings is 1. The molecule has 0 saturated heterocycles. The Morgan fingerprint density at radius 3 is 3.07 bits per heavy atom. The lowest BCUT2D eigenvalue weighted by Crippen LogP contribution is -2.13. The maximum atomic E-state index is 5.49. The number of para-hydroxylation sites is 2. The van der Waals surface area contributed by atoms with Gasteiger partial charge in [0.2, 0.25) is 0 Å². The van der Waals surface area contributed by atoms with Crippen molar-refractivity contribution in [1.82, 2.24) is 4.98 Å². The standard InChI is InChI=1S/C12H12N2O/c1-3-6-9(2)13-12-14-10-7-4-5-8-11(10)15-12/h1,4-5,7-9H,6H2,2H3,(H,13,14). The number of nitrogens with one attached hydrogen (secondary N) is 1. The Morgan fingerprint density at radius 2 is 2.33 bits per heavy atom. The van der Waals surface area contributed by atoms with E-state index in [4.69, 9.17) is 10.8 Å². The van der Waals surface area contributed by atoms with Gasteiger partial charge in [-0.3, -0.25) is 0 Å². The SMILES string of the molecule is C#CCC(C)Nc1nc2ccccc2o1. The van der Waals surface area contributed by atoms with Gasteiger partial charge < -0.3 is 9.73 Å². The number of anilines is 1. The Labute approximate surface area is 88.5 Å². The van der Waals surface area contributed by atoms with Crippen molar-refractivity contribution in [3.05, 3.63) is 24.3 Å². The van der Waals surface area contributed by atoms with Gasteiger partial charge in [-0.1, -0.05) is 12.1 Å². The van der Waals surface area contributed by atoms with E-state index in [1.54, 1.807) is 0 Å². The van der Waals surface area contributed by atoms with E-state index in [0.29, 0.717) is 12.4 Å². The molecule has 76 valence electrons. The van der Waals surface area contributed by atoms with Crippen molar-refractivity contribution in [3.63, 3.8) is 0 Å².